The van der Waals surface area contributed by atoms with E-state index in [-0.39, 0.29) is 35.8 Å². The molecule has 1 fully saturated rings. The summed E-state index contributed by atoms with van der Waals surface area (Å²) in [5.41, 5.74) is 1.63. The fraction of sp³-hybridized carbons (Fsp3) is 0.545. The van der Waals surface area contributed by atoms with E-state index in [1.807, 2.05) is 0 Å². The van der Waals surface area contributed by atoms with Crippen molar-refractivity contribution >= 4 is 0 Å². The Balaban J connectivity index is -0.000000360. The minimum absolute atomic E-state index is 0. The van der Waals surface area contributed by atoms with Crippen molar-refractivity contribution in [1.82, 2.24) is 0 Å². The molecule has 0 nitrogen and oxygen atoms in total. The summed E-state index contributed by atoms with van der Waals surface area (Å²) in [5, 5.41) is 0. The molecular weight excluding hydrogens is 237 g/mol. The molecule has 0 bridgehead atoms. The van der Waals surface area contributed by atoms with Crippen molar-refractivity contribution in [1.29, 1.82) is 0 Å². The molecule has 0 N–H and O–H groups in total. The average Bonchev–Trinajstić information content (AvgIpc) is 2.30. The quantitative estimate of drug-likeness (QED) is 0.297. The molecule has 2 atom stereocenters. The first-order valence-electron chi connectivity index (χ1n) is 4.49. The van der Waals surface area contributed by atoms with Gasteiger partial charge < -0.3 is 14.1 Å². The summed E-state index contributed by atoms with van der Waals surface area (Å²) < 4.78 is 0. The van der Waals surface area contributed by atoms with Crippen molar-refractivity contribution in [2.75, 3.05) is 0 Å². The van der Waals surface area contributed by atoms with Crippen molar-refractivity contribution < 1.29 is 35.8 Å². The van der Waals surface area contributed by atoms with E-state index in [1.54, 1.807) is 11.5 Å². The van der Waals surface area contributed by atoms with Gasteiger partial charge in [-0.2, -0.15) is 0 Å². The Bertz CT molecular complexity index is 222. The Kier molecular flexibility index (Phi) is 10.9. The molecule has 2 unspecified atom stereocenters. The third kappa shape index (κ3) is 3.73. The predicted octanol–water partition coefficient (Wildman–Crippen LogP) is -5.87. The van der Waals surface area contributed by atoms with Gasteiger partial charge in [0.25, 0.3) is 0 Å². The van der Waals surface area contributed by atoms with Gasteiger partial charge in [0.15, 0.2) is 0 Å². The largest absolute Gasteiger partial charge is 4.00 e. The van der Waals surface area contributed by atoms with E-state index < -0.39 is 0 Å². The van der Waals surface area contributed by atoms with Gasteiger partial charge in [-0.05, 0) is 12.3 Å². The molecule has 2 rings (SSSR count). The van der Waals surface area contributed by atoms with Crippen LogP contribution >= 0.6 is 0 Å². The summed E-state index contributed by atoms with van der Waals surface area (Å²) in [6.45, 7) is 4.63. The molecule has 1 saturated carbocycles. The number of hydrogen-bond donors (Lipinski definition) is 0. The van der Waals surface area contributed by atoms with Crippen molar-refractivity contribution in [3.63, 3.8) is 0 Å². The number of halogens is 3. The van der Waals surface area contributed by atoms with Gasteiger partial charge in [-0.1, -0.05) is 19.3 Å². The normalized spacial score (nSPS) is 26.0. The zero-order valence-corrected chi connectivity index (χ0v) is 10.5. The Hall–Kier alpha value is -0.146. The van der Waals surface area contributed by atoms with Crippen LogP contribution in [0.25, 0.3) is 0 Å². The van der Waals surface area contributed by atoms with Crippen LogP contribution in [0.5, 0.6) is 0 Å². The summed E-state index contributed by atoms with van der Waals surface area (Å²) in [6.07, 6.45) is 9.44. The van der Waals surface area contributed by atoms with Gasteiger partial charge in [0, 0.05) is 0 Å². The predicted molar refractivity (Wildman–Crippen MR) is 48.0 cm³/mol. The number of rotatable bonds is 0. The topological polar surface area (TPSA) is 0 Å². The van der Waals surface area contributed by atoms with Crippen molar-refractivity contribution in [3.05, 3.63) is 29.7 Å². The van der Waals surface area contributed by atoms with Crippen LogP contribution < -0.4 is 14.1 Å². The molecule has 4 heteroatoms. The molecule has 2 aliphatic carbocycles. The smallest absolute Gasteiger partial charge is 1.00 e. The molecule has 15 heavy (non-hydrogen) atoms. The van der Waals surface area contributed by atoms with Gasteiger partial charge in [-0.25, -0.2) is 17.6 Å². The van der Waals surface area contributed by atoms with Gasteiger partial charge >= 0.3 is 21.7 Å². The second kappa shape index (κ2) is 8.06. The van der Waals surface area contributed by atoms with Crippen LogP contribution in [0.3, 0.4) is 0 Å². The van der Waals surface area contributed by atoms with Gasteiger partial charge in [0.2, 0.25) is 0 Å². The molecule has 2 aliphatic rings. The Morgan fingerprint density at radius 3 is 2.40 bits per heavy atom. The summed E-state index contributed by atoms with van der Waals surface area (Å²) in [4.78, 5) is 0. The van der Waals surface area contributed by atoms with Crippen LogP contribution in [-0.2, 0) is 21.7 Å². The number of allylic oxidation sites excluding steroid dienone is 4. The maximum Gasteiger partial charge on any atom is 4.00 e. The standard InChI is InChI=1S/C11H15.3FH.Ti/c1-8-7-10-5-3-4-6-11(10)9(8)2;;;;/h3-4,6,8,10H,5,7H2,1-2H3;3*1H;/q-1;;;;+4/p-3. The Labute approximate surface area is 104 Å². The van der Waals surface area contributed by atoms with Gasteiger partial charge in [0.05, 0.1) is 0 Å². The van der Waals surface area contributed by atoms with E-state index in [0.29, 0.717) is 0 Å². The van der Waals surface area contributed by atoms with Crippen LogP contribution in [0.1, 0.15) is 26.7 Å². The monoisotopic (exact) mass is 252 g/mol. The van der Waals surface area contributed by atoms with Crippen molar-refractivity contribution in [2.24, 2.45) is 11.8 Å². The van der Waals surface area contributed by atoms with Crippen LogP contribution in [-0.4, -0.2) is 0 Å². The maximum absolute atomic E-state index is 2.34. The zero-order chi connectivity index (χ0) is 7.84. The van der Waals surface area contributed by atoms with E-state index in [9.17, 15) is 0 Å². The van der Waals surface area contributed by atoms with Crippen LogP contribution in [0.4, 0.5) is 0 Å². The molecular formula is C11H15F3Ti. The third-order valence-corrected chi connectivity index (χ3v) is 3.10. The maximum atomic E-state index is 2.34. The molecule has 0 heterocycles. The van der Waals surface area contributed by atoms with Gasteiger partial charge in [0.1, 0.15) is 0 Å². The molecule has 0 aromatic heterocycles. The first kappa shape index (κ1) is 20.3. The van der Waals surface area contributed by atoms with E-state index in [0.717, 1.165) is 11.8 Å². The van der Waals surface area contributed by atoms with Gasteiger partial charge in [-0.15, -0.1) is 19.1 Å². The molecule has 0 spiro atoms. The minimum atomic E-state index is 0. The molecule has 0 aromatic rings. The molecule has 84 valence electrons. The second-order valence-corrected chi connectivity index (χ2v) is 3.80. The summed E-state index contributed by atoms with van der Waals surface area (Å²) >= 11 is 0. The van der Waals surface area contributed by atoms with E-state index in [4.69, 9.17) is 0 Å². The van der Waals surface area contributed by atoms with Crippen LogP contribution in [0.2, 0.25) is 0 Å². The Morgan fingerprint density at radius 2 is 1.87 bits per heavy atom. The fourth-order valence-corrected chi connectivity index (χ4v) is 2.24. The van der Waals surface area contributed by atoms with E-state index in [1.165, 1.54) is 12.8 Å². The van der Waals surface area contributed by atoms with E-state index in [2.05, 4.69) is 32.1 Å². The first-order chi connectivity index (χ1) is 5.29. The van der Waals surface area contributed by atoms with Crippen LogP contribution in [0, 0.1) is 17.8 Å². The zero-order valence-electron chi connectivity index (χ0n) is 8.93. The summed E-state index contributed by atoms with van der Waals surface area (Å²) in [5.74, 6) is 3.31. The molecule has 0 aromatic carbocycles. The van der Waals surface area contributed by atoms with Crippen molar-refractivity contribution in [3.8, 4) is 0 Å². The van der Waals surface area contributed by atoms with Crippen molar-refractivity contribution in [2.45, 2.75) is 26.7 Å². The van der Waals surface area contributed by atoms with E-state index >= 15 is 0 Å². The molecule has 0 amide bonds. The fourth-order valence-electron chi connectivity index (χ4n) is 2.24. The van der Waals surface area contributed by atoms with Crippen LogP contribution in [0.15, 0.2) is 23.8 Å². The van der Waals surface area contributed by atoms with Gasteiger partial charge in [-0.3, -0.25) is 0 Å². The Morgan fingerprint density at radius 1 is 1.27 bits per heavy atom. The molecule has 0 aliphatic heterocycles. The summed E-state index contributed by atoms with van der Waals surface area (Å²) in [6, 6.07) is 0. The molecule has 0 radical (unpaired) electrons. The number of fused-ring (bicyclic) bond motifs is 1. The molecule has 0 saturated heterocycles. The third-order valence-electron chi connectivity index (χ3n) is 3.10. The minimum Gasteiger partial charge on any atom is -1.00 e. The first-order valence-corrected chi connectivity index (χ1v) is 4.49. The SMILES string of the molecule is C[C-]1C2=CC=CCC2CC1C.[F-].[F-].[F-].[Ti+4]. The number of hydrogen-bond acceptors (Lipinski definition) is 0. The second-order valence-electron chi connectivity index (χ2n) is 3.80. The summed E-state index contributed by atoms with van der Waals surface area (Å²) in [7, 11) is 0. The average molecular weight is 252 g/mol.